The van der Waals surface area contributed by atoms with E-state index in [-0.39, 0.29) is 5.41 Å². The second kappa shape index (κ2) is 5.41. The third-order valence-electron chi connectivity index (χ3n) is 4.59. The Kier molecular flexibility index (Phi) is 3.78. The summed E-state index contributed by atoms with van der Waals surface area (Å²) in [6.07, 6.45) is 1.43. The van der Waals surface area contributed by atoms with Crippen molar-refractivity contribution in [3.05, 3.63) is 35.9 Å². The highest BCUT2D eigenvalue weighted by atomic mass is 32.2. The number of methoxy groups -OCH3 is 1. The van der Waals surface area contributed by atoms with Crippen molar-refractivity contribution in [3.8, 4) is 0 Å². The summed E-state index contributed by atoms with van der Waals surface area (Å²) in [5.74, 6) is 0. The molecule has 0 radical (unpaired) electrons. The van der Waals surface area contributed by atoms with Crippen molar-refractivity contribution < 1.29 is 4.74 Å². The molecule has 1 saturated carbocycles. The van der Waals surface area contributed by atoms with Gasteiger partial charge in [0.2, 0.25) is 0 Å². The van der Waals surface area contributed by atoms with E-state index in [9.17, 15) is 0 Å². The first-order valence-electron chi connectivity index (χ1n) is 7.16. The monoisotopic (exact) mass is 290 g/mol. The van der Waals surface area contributed by atoms with Crippen LogP contribution in [0.15, 0.2) is 35.3 Å². The summed E-state index contributed by atoms with van der Waals surface area (Å²) in [6, 6.07) is 11.1. The van der Waals surface area contributed by atoms with Gasteiger partial charge in [0.1, 0.15) is 0 Å². The average Bonchev–Trinajstić information content (AvgIpc) is 2.92. The highest BCUT2D eigenvalue weighted by Gasteiger charge is 2.49. The molecule has 2 aliphatic rings. The minimum Gasteiger partial charge on any atom is -0.381 e. The summed E-state index contributed by atoms with van der Waals surface area (Å²) in [7, 11) is 1.80. The molecule has 1 heterocycles. The van der Waals surface area contributed by atoms with Crippen molar-refractivity contribution in [2.45, 2.75) is 37.7 Å². The van der Waals surface area contributed by atoms with E-state index in [1.807, 2.05) is 11.8 Å². The molecule has 4 heteroatoms. The molecule has 1 aliphatic carbocycles. The van der Waals surface area contributed by atoms with Crippen LogP contribution in [0.4, 0.5) is 0 Å². The number of aliphatic imine (C=N–C) groups is 1. The van der Waals surface area contributed by atoms with Gasteiger partial charge in [-0.25, -0.2) is 0 Å². The SMILES string of the molecule is COC1CC(NC2=NCC(c3ccccc3)S2)C1(C)C. The van der Waals surface area contributed by atoms with Gasteiger partial charge in [-0.2, -0.15) is 0 Å². The van der Waals surface area contributed by atoms with Gasteiger partial charge in [0, 0.05) is 18.6 Å². The number of benzene rings is 1. The van der Waals surface area contributed by atoms with Gasteiger partial charge in [-0.3, -0.25) is 4.99 Å². The first-order valence-corrected chi connectivity index (χ1v) is 8.04. The van der Waals surface area contributed by atoms with Crippen LogP contribution in [-0.2, 0) is 4.74 Å². The van der Waals surface area contributed by atoms with E-state index in [2.05, 4.69) is 54.5 Å². The van der Waals surface area contributed by atoms with Gasteiger partial charge < -0.3 is 10.1 Å². The smallest absolute Gasteiger partial charge is 0.157 e. The molecular weight excluding hydrogens is 268 g/mol. The van der Waals surface area contributed by atoms with Crippen LogP contribution in [0.2, 0.25) is 0 Å². The summed E-state index contributed by atoms with van der Waals surface area (Å²) >= 11 is 1.85. The van der Waals surface area contributed by atoms with Gasteiger partial charge >= 0.3 is 0 Å². The Labute approximate surface area is 125 Å². The number of nitrogens with one attached hydrogen (secondary N) is 1. The third kappa shape index (κ3) is 2.47. The molecule has 0 spiro atoms. The normalized spacial score (nSPS) is 31.6. The second-order valence-corrected chi connectivity index (χ2v) is 7.33. The fourth-order valence-corrected chi connectivity index (χ4v) is 4.05. The Bertz CT molecular complexity index is 500. The van der Waals surface area contributed by atoms with Crippen molar-refractivity contribution in [1.29, 1.82) is 0 Å². The second-order valence-electron chi connectivity index (χ2n) is 6.14. The van der Waals surface area contributed by atoms with E-state index >= 15 is 0 Å². The molecule has 3 rings (SSSR count). The lowest BCUT2D eigenvalue weighted by Crippen LogP contribution is -2.61. The van der Waals surface area contributed by atoms with Crippen LogP contribution in [0.5, 0.6) is 0 Å². The molecule has 108 valence electrons. The van der Waals surface area contributed by atoms with E-state index in [0.717, 1.165) is 18.1 Å². The number of hydrogen-bond donors (Lipinski definition) is 1. The zero-order valence-electron chi connectivity index (χ0n) is 12.3. The number of thioether (sulfide) groups is 1. The molecule has 0 bridgehead atoms. The lowest BCUT2D eigenvalue weighted by molar-refractivity contribution is -0.0917. The Balaban J connectivity index is 1.57. The van der Waals surface area contributed by atoms with Gasteiger partial charge in [-0.05, 0) is 12.0 Å². The van der Waals surface area contributed by atoms with Crippen LogP contribution in [0.25, 0.3) is 0 Å². The first kappa shape index (κ1) is 14.0. The van der Waals surface area contributed by atoms with Crippen LogP contribution < -0.4 is 5.32 Å². The molecule has 1 N–H and O–H groups in total. The molecule has 3 unspecified atom stereocenters. The number of hydrogen-bond acceptors (Lipinski definition) is 4. The zero-order valence-corrected chi connectivity index (χ0v) is 13.1. The number of nitrogens with zero attached hydrogens (tertiary/aromatic N) is 1. The van der Waals surface area contributed by atoms with Crippen molar-refractivity contribution in [2.24, 2.45) is 10.4 Å². The predicted octanol–water partition coefficient (Wildman–Crippen LogP) is 3.23. The van der Waals surface area contributed by atoms with E-state index in [1.165, 1.54) is 5.56 Å². The summed E-state index contributed by atoms with van der Waals surface area (Å²) < 4.78 is 5.50. The van der Waals surface area contributed by atoms with E-state index in [0.29, 0.717) is 17.4 Å². The fraction of sp³-hybridized carbons (Fsp3) is 0.562. The molecule has 0 saturated heterocycles. The molecular formula is C16H22N2OS. The average molecular weight is 290 g/mol. The van der Waals surface area contributed by atoms with Gasteiger partial charge in [-0.15, -0.1) is 0 Å². The van der Waals surface area contributed by atoms with Gasteiger partial charge in [0.15, 0.2) is 5.17 Å². The predicted molar refractivity (Wildman–Crippen MR) is 85.2 cm³/mol. The summed E-state index contributed by atoms with van der Waals surface area (Å²) in [4.78, 5) is 4.66. The molecule has 20 heavy (non-hydrogen) atoms. The molecule has 1 aromatic carbocycles. The minimum atomic E-state index is 0.183. The Morgan fingerprint density at radius 1 is 1.30 bits per heavy atom. The number of amidine groups is 1. The number of rotatable bonds is 3. The van der Waals surface area contributed by atoms with E-state index in [4.69, 9.17) is 4.74 Å². The van der Waals surface area contributed by atoms with Gasteiger partial charge in [0.05, 0.1) is 17.9 Å². The molecule has 3 atom stereocenters. The van der Waals surface area contributed by atoms with Crippen LogP contribution in [0.1, 0.15) is 31.1 Å². The maximum Gasteiger partial charge on any atom is 0.157 e. The van der Waals surface area contributed by atoms with Crippen molar-refractivity contribution in [3.63, 3.8) is 0 Å². The number of ether oxygens (including phenoxy) is 1. The van der Waals surface area contributed by atoms with Crippen molar-refractivity contribution in [1.82, 2.24) is 5.32 Å². The summed E-state index contributed by atoms with van der Waals surface area (Å²) in [5.41, 5.74) is 1.54. The first-order chi connectivity index (χ1) is 9.61. The largest absolute Gasteiger partial charge is 0.381 e. The maximum absolute atomic E-state index is 5.50. The standard InChI is InChI=1S/C16H22N2OS/c1-16(2)13(9-14(16)19-3)18-15-17-10-12(20-15)11-7-5-4-6-8-11/h4-8,12-14H,9-10H2,1-3H3,(H,17,18). The summed E-state index contributed by atoms with van der Waals surface area (Å²) in [6.45, 7) is 5.40. The maximum atomic E-state index is 5.50. The molecule has 3 nitrogen and oxygen atoms in total. The minimum absolute atomic E-state index is 0.183. The Morgan fingerprint density at radius 3 is 2.70 bits per heavy atom. The Hall–Kier alpha value is -1.00. The van der Waals surface area contributed by atoms with Crippen LogP contribution in [0, 0.1) is 5.41 Å². The molecule has 0 aromatic heterocycles. The van der Waals surface area contributed by atoms with Crippen LogP contribution in [-0.4, -0.2) is 31.0 Å². The van der Waals surface area contributed by atoms with Gasteiger partial charge in [0.25, 0.3) is 0 Å². The van der Waals surface area contributed by atoms with Crippen molar-refractivity contribution in [2.75, 3.05) is 13.7 Å². The quantitative estimate of drug-likeness (QED) is 0.928. The molecule has 1 aromatic rings. The van der Waals surface area contributed by atoms with Gasteiger partial charge in [-0.1, -0.05) is 55.9 Å². The van der Waals surface area contributed by atoms with Crippen LogP contribution >= 0.6 is 11.8 Å². The summed E-state index contributed by atoms with van der Waals surface area (Å²) in [5, 5.41) is 5.15. The zero-order chi connectivity index (χ0) is 14.2. The van der Waals surface area contributed by atoms with Crippen LogP contribution in [0.3, 0.4) is 0 Å². The molecule has 1 fully saturated rings. The Morgan fingerprint density at radius 2 is 2.05 bits per heavy atom. The fourth-order valence-electron chi connectivity index (χ4n) is 2.98. The molecule has 1 aliphatic heterocycles. The lowest BCUT2D eigenvalue weighted by atomic mass is 9.64. The topological polar surface area (TPSA) is 33.6 Å². The van der Waals surface area contributed by atoms with E-state index in [1.54, 1.807) is 7.11 Å². The van der Waals surface area contributed by atoms with E-state index < -0.39 is 0 Å². The lowest BCUT2D eigenvalue weighted by Gasteiger charge is -2.51. The third-order valence-corrected chi connectivity index (χ3v) is 5.76. The highest BCUT2D eigenvalue weighted by Crippen LogP contribution is 2.43. The highest BCUT2D eigenvalue weighted by molar-refractivity contribution is 8.14. The van der Waals surface area contributed by atoms with Crippen molar-refractivity contribution >= 4 is 16.9 Å². The molecule has 0 amide bonds.